The van der Waals surface area contributed by atoms with Crippen molar-refractivity contribution >= 4 is 12.0 Å². The number of hydrogen-bond acceptors (Lipinski definition) is 4. The van der Waals surface area contributed by atoms with Crippen LogP contribution in [-0.2, 0) is 16.0 Å². The third kappa shape index (κ3) is 3.79. The Labute approximate surface area is 154 Å². The minimum atomic E-state index is -0.454. The Balaban J connectivity index is 1.56. The molecule has 142 valence electrons. The lowest BCUT2D eigenvalue weighted by Gasteiger charge is -2.37. The monoisotopic (exact) mass is 360 g/mol. The number of hydrogen-bond donors (Lipinski definition) is 1. The second kappa shape index (κ2) is 7.56. The molecule has 0 radical (unpaired) electrons. The van der Waals surface area contributed by atoms with Gasteiger partial charge in [-0.3, -0.25) is 4.79 Å². The third-order valence-electron chi connectivity index (χ3n) is 5.60. The molecule has 0 unspecified atom stereocenters. The summed E-state index contributed by atoms with van der Waals surface area (Å²) in [5, 5.41) is 9.85. The molecule has 1 spiro atoms. The predicted molar refractivity (Wildman–Crippen MR) is 97.9 cm³/mol. The Kier molecular flexibility index (Phi) is 5.39. The molecule has 3 rings (SSSR count). The summed E-state index contributed by atoms with van der Waals surface area (Å²) in [5.74, 6) is 0.154. The number of carbonyl (C=O) groups excluding carboxylic acids is 2. The van der Waals surface area contributed by atoms with E-state index in [0.29, 0.717) is 38.0 Å². The molecule has 1 N–H and O–H groups in total. The molecule has 0 aliphatic carbocycles. The second-order valence-corrected chi connectivity index (χ2v) is 7.50. The summed E-state index contributed by atoms with van der Waals surface area (Å²) in [7, 11) is 0. The van der Waals surface area contributed by atoms with Crippen LogP contribution in [0.4, 0.5) is 4.79 Å². The topological polar surface area (TPSA) is 70.1 Å². The number of ether oxygens (including phenoxy) is 1. The molecule has 2 amide bonds. The van der Waals surface area contributed by atoms with Crippen LogP contribution in [0.15, 0.2) is 24.3 Å². The van der Waals surface area contributed by atoms with Gasteiger partial charge in [0.25, 0.3) is 0 Å². The van der Waals surface area contributed by atoms with Gasteiger partial charge in [-0.05, 0) is 19.4 Å². The Morgan fingerprint density at radius 3 is 2.65 bits per heavy atom. The number of nitrogens with zero attached hydrogens (tertiary/aromatic N) is 2. The highest BCUT2D eigenvalue weighted by Gasteiger charge is 2.48. The van der Waals surface area contributed by atoms with Gasteiger partial charge >= 0.3 is 6.09 Å². The average Bonchev–Trinajstić information content (AvgIpc) is 2.94. The standard InChI is InChI=1S/C20H28N2O4/c1-3-6-15(2)22-14-20(26-19(22)25)9-11-21(12-10-20)18(24)13-16-7-4-5-8-17(16)23/h4-5,7-8,15,23H,3,6,9-14H2,1-2H3/t15-/m1/s1. The van der Waals surface area contributed by atoms with Gasteiger partial charge < -0.3 is 19.6 Å². The van der Waals surface area contributed by atoms with Gasteiger partial charge in [-0.2, -0.15) is 0 Å². The van der Waals surface area contributed by atoms with Crippen molar-refractivity contribution in [1.29, 1.82) is 0 Å². The maximum absolute atomic E-state index is 12.5. The number of likely N-dealkylation sites (tertiary alicyclic amines) is 1. The number of aromatic hydroxyl groups is 1. The number of benzene rings is 1. The molecule has 2 heterocycles. The van der Waals surface area contributed by atoms with E-state index < -0.39 is 5.60 Å². The summed E-state index contributed by atoms with van der Waals surface area (Å²) in [4.78, 5) is 28.4. The minimum absolute atomic E-state index is 0.00174. The van der Waals surface area contributed by atoms with Gasteiger partial charge in [0.1, 0.15) is 11.4 Å². The summed E-state index contributed by atoms with van der Waals surface area (Å²) in [6, 6.07) is 7.11. The van der Waals surface area contributed by atoms with E-state index in [4.69, 9.17) is 4.74 Å². The first-order chi connectivity index (χ1) is 12.4. The molecule has 26 heavy (non-hydrogen) atoms. The van der Waals surface area contributed by atoms with Crippen molar-refractivity contribution in [2.75, 3.05) is 19.6 Å². The van der Waals surface area contributed by atoms with Gasteiger partial charge in [0.2, 0.25) is 5.91 Å². The van der Waals surface area contributed by atoms with Crippen molar-refractivity contribution in [3.63, 3.8) is 0 Å². The predicted octanol–water partition coefficient (Wildman–Crippen LogP) is 2.94. The van der Waals surface area contributed by atoms with E-state index >= 15 is 0 Å². The van der Waals surface area contributed by atoms with Gasteiger partial charge in [-0.25, -0.2) is 4.79 Å². The Hall–Kier alpha value is -2.24. The van der Waals surface area contributed by atoms with Crippen molar-refractivity contribution < 1.29 is 19.4 Å². The lowest BCUT2D eigenvalue weighted by molar-refractivity contribution is -0.133. The summed E-state index contributed by atoms with van der Waals surface area (Å²) in [6.07, 6.45) is 3.31. The van der Waals surface area contributed by atoms with E-state index in [1.807, 2.05) is 15.9 Å². The Bertz CT molecular complexity index is 668. The molecule has 1 aromatic carbocycles. The summed E-state index contributed by atoms with van der Waals surface area (Å²) in [6.45, 7) is 5.96. The van der Waals surface area contributed by atoms with Crippen LogP contribution >= 0.6 is 0 Å². The molecule has 1 atom stereocenters. The average molecular weight is 360 g/mol. The highest BCUT2D eigenvalue weighted by molar-refractivity contribution is 5.79. The molecule has 6 heteroatoms. The molecule has 2 fully saturated rings. The van der Waals surface area contributed by atoms with Crippen molar-refractivity contribution in [2.45, 2.75) is 57.6 Å². The van der Waals surface area contributed by atoms with Gasteiger partial charge in [-0.1, -0.05) is 31.5 Å². The molecule has 2 aliphatic rings. The van der Waals surface area contributed by atoms with Crippen LogP contribution in [0.2, 0.25) is 0 Å². The molecule has 2 aliphatic heterocycles. The smallest absolute Gasteiger partial charge is 0.410 e. The van der Waals surface area contributed by atoms with Gasteiger partial charge in [-0.15, -0.1) is 0 Å². The van der Waals surface area contributed by atoms with Crippen LogP contribution in [0.1, 0.15) is 45.1 Å². The molecular weight excluding hydrogens is 332 g/mol. The highest BCUT2D eigenvalue weighted by Crippen LogP contribution is 2.35. The number of phenolic OH excluding ortho intramolecular Hbond substituents is 1. The molecular formula is C20H28N2O4. The summed E-state index contributed by atoms with van der Waals surface area (Å²) in [5.41, 5.74) is 0.190. The fourth-order valence-corrected chi connectivity index (χ4v) is 3.92. The van der Waals surface area contributed by atoms with E-state index in [1.165, 1.54) is 0 Å². The number of piperidine rings is 1. The second-order valence-electron chi connectivity index (χ2n) is 7.50. The van der Waals surface area contributed by atoms with E-state index in [9.17, 15) is 14.7 Å². The van der Waals surface area contributed by atoms with Crippen molar-refractivity contribution in [2.24, 2.45) is 0 Å². The fourth-order valence-electron chi connectivity index (χ4n) is 3.92. The van der Waals surface area contributed by atoms with Crippen LogP contribution in [0.5, 0.6) is 5.75 Å². The maximum Gasteiger partial charge on any atom is 0.410 e. The normalized spacial score (nSPS) is 20.3. The van der Waals surface area contributed by atoms with E-state index in [0.717, 1.165) is 12.8 Å². The van der Waals surface area contributed by atoms with Crippen LogP contribution in [-0.4, -0.2) is 58.2 Å². The van der Waals surface area contributed by atoms with E-state index in [1.54, 1.807) is 18.2 Å². The van der Waals surface area contributed by atoms with Crippen LogP contribution in [0, 0.1) is 0 Å². The first-order valence-corrected chi connectivity index (χ1v) is 9.48. The quantitative estimate of drug-likeness (QED) is 0.876. The number of rotatable bonds is 5. The van der Waals surface area contributed by atoms with Crippen LogP contribution < -0.4 is 0 Å². The van der Waals surface area contributed by atoms with E-state index in [2.05, 4.69) is 13.8 Å². The molecule has 0 saturated carbocycles. The molecule has 1 aromatic rings. The van der Waals surface area contributed by atoms with Crippen molar-refractivity contribution in [1.82, 2.24) is 9.80 Å². The van der Waals surface area contributed by atoms with Gasteiger partial charge in [0.15, 0.2) is 0 Å². The minimum Gasteiger partial charge on any atom is -0.508 e. The Morgan fingerprint density at radius 1 is 1.31 bits per heavy atom. The molecule has 2 saturated heterocycles. The maximum atomic E-state index is 12.5. The Morgan fingerprint density at radius 2 is 2.00 bits per heavy atom. The highest BCUT2D eigenvalue weighted by atomic mass is 16.6. The number of carbonyl (C=O) groups is 2. The molecule has 0 aromatic heterocycles. The largest absolute Gasteiger partial charge is 0.508 e. The number of para-hydroxylation sites is 1. The zero-order valence-electron chi connectivity index (χ0n) is 15.6. The lowest BCUT2D eigenvalue weighted by Crippen LogP contribution is -2.49. The van der Waals surface area contributed by atoms with Crippen LogP contribution in [0.3, 0.4) is 0 Å². The zero-order chi connectivity index (χ0) is 18.7. The summed E-state index contributed by atoms with van der Waals surface area (Å²) < 4.78 is 5.74. The fraction of sp³-hybridized carbons (Fsp3) is 0.600. The van der Waals surface area contributed by atoms with Crippen LogP contribution in [0.25, 0.3) is 0 Å². The molecule has 6 nitrogen and oxygen atoms in total. The number of amides is 2. The van der Waals surface area contributed by atoms with E-state index in [-0.39, 0.29) is 30.2 Å². The molecule has 0 bridgehead atoms. The van der Waals surface area contributed by atoms with Gasteiger partial charge in [0, 0.05) is 37.5 Å². The zero-order valence-corrected chi connectivity index (χ0v) is 15.6. The van der Waals surface area contributed by atoms with Crippen molar-refractivity contribution in [3.05, 3.63) is 29.8 Å². The first kappa shape index (κ1) is 18.5. The SMILES string of the molecule is CCC[C@@H](C)N1CC2(CCN(C(=O)Cc3ccccc3O)CC2)OC1=O. The third-order valence-corrected chi connectivity index (χ3v) is 5.60. The van der Waals surface area contributed by atoms with Crippen molar-refractivity contribution in [3.8, 4) is 5.75 Å². The summed E-state index contributed by atoms with van der Waals surface area (Å²) >= 11 is 0. The number of phenols is 1. The lowest BCUT2D eigenvalue weighted by atomic mass is 9.90. The van der Waals surface area contributed by atoms with Gasteiger partial charge in [0.05, 0.1) is 13.0 Å². The first-order valence-electron chi connectivity index (χ1n) is 9.48.